The molecule has 21 heavy (non-hydrogen) atoms. The molecule has 2 N–H and O–H groups in total. The second-order valence-corrected chi connectivity index (χ2v) is 4.53. The van der Waals surface area contributed by atoms with Crippen LogP contribution in [-0.2, 0) is 16.0 Å². The number of benzene rings is 1. The Hall–Kier alpha value is -1.60. The van der Waals surface area contributed by atoms with E-state index in [1.165, 1.54) is 0 Å². The summed E-state index contributed by atoms with van der Waals surface area (Å²) in [5.74, 6) is -0.214. The van der Waals surface area contributed by atoms with E-state index in [0.29, 0.717) is 24.4 Å². The second kappa shape index (κ2) is 8.63. The molecule has 0 unspecified atom stereocenters. The lowest BCUT2D eigenvalue weighted by Crippen LogP contribution is -2.30. The van der Waals surface area contributed by atoms with Crippen LogP contribution in [0.5, 0.6) is 0 Å². The van der Waals surface area contributed by atoms with E-state index in [2.05, 4.69) is 10.6 Å². The number of ether oxygens (including phenoxy) is 1. The summed E-state index contributed by atoms with van der Waals surface area (Å²) in [6.07, 6.45) is -5.06. The van der Waals surface area contributed by atoms with Crippen molar-refractivity contribution in [1.29, 1.82) is 0 Å². The summed E-state index contributed by atoms with van der Waals surface area (Å²) in [6.45, 7) is 1.24. The minimum atomic E-state index is -4.15. The fourth-order valence-electron chi connectivity index (χ4n) is 1.62. The lowest BCUT2D eigenvalue weighted by atomic mass is 10.1. The molecule has 0 radical (unpaired) electrons. The fourth-order valence-corrected chi connectivity index (χ4v) is 1.62. The van der Waals surface area contributed by atoms with E-state index < -0.39 is 12.6 Å². The zero-order valence-corrected chi connectivity index (χ0v) is 11.8. The quantitative estimate of drug-likeness (QED) is 0.725. The first-order chi connectivity index (χ1) is 9.90. The molecule has 0 fully saturated rings. The van der Waals surface area contributed by atoms with Crippen molar-refractivity contribution < 1.29 is 22.7 Å². The van der Waals surface area contributed by atoms with E-state index in [1.54, 1.807) is 31.4 Å². The second-order valence-electron chi connectivity index (χ2n) is 4.53. The zero-order valence-electron chi connectivity index (χ0n) is 11.8. The van der Waals surface area contributed by atoms with Gasteiger partial charge in [-0.3, -0.25) is 4.79 Å². The predicted molar refractivity (Wildman–Crippen MR) is 74.2 cm³/mol. The molecule has 0 aliphatic heterocycles. The van der Waals surface area contributed by atoms with E-state index >= 15 is 0 Å². The number of carbonyl (C=O) groups excluding carboxylic acids is 1. The molecule has 1 aromatic rings. The Balaban J connectivity index is 2.35. The number of hydrogen-bond donors (Lipinski definition) is 2. The smallest absolute Gasteiger partial charge is 0.383 e. The third-order valence-corrected chi connectivity index (χ3v) is 2.70. The van der Waals surface area contributed by atoms with Gasteiger partial charge in [-0.1, -0.05) is 12.1 Å². The van der Waals surface area contributed by atoms with Gasteiger partial charge in [0, 0.05) is 25.8 Å². The standard InChI is InChI=1S/C14H19F3N2O2/c1-21-9-8-18-10-13(20)19-12-4-2-11(3-5-12)6-7-14(15,16)17/h2-5,18H,6-10H2,1H3,(H,19,20). The van der Waals surface area contributed by atoms with Gasteiger partial charge in [0.05, 0.1) is 13.2 Å². The molecular formula is C14H19F3N2O2. The summed E-state index contributed by atoms with van der Waals surface area (Å²) in [7, 11) is 1.57. The molecule has 0 aliphatic carbocycles. The van der Waals surface area contributed by atoms with Gasteiger partial charge in [0.25, 0.3) is 0 Å². The van der Waals surface area contributed by atoms with Crippen LogP contribution in [-0.4, -0.2) is 38.9 Å². The summed E-state index contributed by atoms with van der Waals surface area (Å²) in [6, 6.07) is 6.36. The molecule has 7 heteroatoms. The Labute approximate surface area is 121 Å². The first-order valence-electron chi connectivity index (χ1n) is 6.56. The Morgan fingerprint density at radius 3 is 2.48 bits per heavy atom. The number of nitrogens with one attached hydrogen (secondary N) is 2. The number of rotatable bonds is 8. The molecule has 0 bridgehead atoms. The Bertz CT molecular complexity index is 433. The Morgan fingerprint density at radius 1 is 1.24 bits per heavy atom. The molecule has 4 nitrogen and oxygen atoms in total. The van der Waals surface area contributed by atoms with Crippen molar-refractivity contribution in [3.8, 4) is 0 Å². The molecule has 0 aliphatic rings. The molecule has 0 saturated carbocycles. The summed E-state index contributed by atoms with van der Waals surface area (Å²) in [4.78, 5) is 11.6. The maximum Gasteiger partial charge on any atom is 0.389 e. The van der Waals surface area contributed by atoms with E-state index in [4.69, 9.17) is 4.74 Å². The fraction of sp³-hybridized carbons (Fsp3) is 0.500. The topological polar surface area (TPSA) is 50.4 Å². The molecule has 118 valence electrons. The highest BCUT2D eigenvalue weighted by molar-refractivity contribution is 5.92. The van der Waals surface area contributed by atoms with E-state index in [0.717, 1.165) is 0 Å². The number of alkyl halides is 3. The van der Waals surface area contributed by atoms with Gasteiger partial charge in [-0.25, -0.2) is 0 Å². The number of amides is 1. The van der Waals surface area contributed by atoms with E-state index in [9.17, 15) is 18.0 Å². The highest BCUT2D eigenvalue weighted by Gasteiger charge is 2.26. The van der Waals surface area contributed by atoms with Gasteiger partial charge in [-0.05, 0) is 24.1 Å². The van der Waals surface area contributed by atoms with Crippen molar-refractivity contribution in [2.24, 2.45) is 0 Å². The van der Waals surface area contributed by atoms with E-state index in [-0.39, 0.29) is 18.9 Å². The van der Waals surface area contributed by atoms with Crippen LogP contribution in [0.4, 0.5) is 18.9 Å². The van der Waals surface area contributed by atoms with Crippen molar-refractivity contribution in [2.45, 2.75) is 19.0 Å². The lowest BCUT2D eigenvalue weighted by Gasteiger charge is -2.08. The first-order valence-corrected chi connectivity index (χ1v) is 6.56. The van der Waals surface area contributed by atoms with Gasteiger partial charge in [-0.15, -0.1) is 0 Å². The molecule has 0 spiro atoms. The van der Waals surface area contributed by atoms with Gasteiger partial charge in [0.2, 0.25) is 5.91 Å². The molecule has 0 aromatic heterocycles. The van der Waals surface area contributed by atoms with Crippen molar-refractivity contribution in [2.75, 3.05) is 32.1 Å². The van der Waals surface area contributed by atoms with Crippen molar-refractivity contribution in [1.82, 2.24) is 5.32 Å². The van der Waals surface area contributed by atoms with Crippen LogP contribution < -0.4 is 10.6 Å². The van der Waals surface area contributed by atoms with Gasteiger partial charge in [0.1, 0.15) is 0 Å². The van der Waals surface area contributed by atoms with Crippen LogP contribution in [0.2, 0.25) is 0 Å². The van der Waals surface area contributed by atoms with Crippen LogP contribution in [0.25, 0.3) is 0 Å². The Kier molecular flexibility index (Phi) is 7.18. The summed E-state index contributed by atoms with van der Waals surface area (Å²) < 4.78 is 41.1. The molecule has 1 rings (SSSR count). The highest BCUT2D eigenvalue weighted by atomic mass is 19.4. The highest BCUT2D eigenvalue weighted by Crippen LogP contribution is 2.22. The van der Waals surface area contributed by atoms with Crippen LogP contribution in [0.3, 0.4) is 0 Å². The molecule has 0 saturated heterocycles. The first kappa shape index (κ1) is 17.5. The number of anilines is 1. The summed E-state index contributed by atoms with van der Waals surface area (Å²) >= 11 is 0. The van der Waals surface area contributed by atoms with Crippen molar-refractivity contribution in [3.05, 3.63) is 29.8 Å². The molecule has 0 atom stereocenters. The minimum absolute atomic E-state index is 0.0592. The van der Waals surface area contributed by atoms with Crippen LogP contribution in [0, 0.1) is 0 Å². The SMILES string of the molecule is COCCNCC(=O)Nc1ccc(CCC(F)(F)F)cc1. The van der Waals surface area contributed by atoms with Gasteiger partial charge in [-0.2, -0.15) is 13.2 Å². The third kappa shape index (κ3) is 8.31. The number of carbonyl (C=O) groups is 1. The Morgan fingerprint density at radius 2 is 1.90 bits per heavy atom. The molecule has 1 aromatic carbocycles. The van der Waals surface area contributed by atoms with Crippen molar-refractivity contribution in [3.63, 3.8) is 0 Å². The van der Waals surface area contributed by atoms with Gasteiger partial charge >= 0.3 is 6.18 Å². The maximum absolute atomic E-state index is 12.1. The molecule has 0 heterocycles. The summed E-state index contributed by atoms with van der Waals surface area (Å²) in [5.41, 5.74) is 1.15. The molecule has 1 amide bonds. The maximum atomic E-state index is 12.1. The number of methoxy groups -OCH3 is 1. The average molecular weight is 304 g/mol. The predicted octanol–water partition coefficient (Wildman–Crippen LogP) is 2.36. The van der Waals surface area contributed by atoms with E-state index in [1.807, 2.05) is 0 Å². The largest absolute Gasteiger partial charge is 0.389 e. The average Bonchev–Trinajstić information content (AvgIpc) is 2.42. The third-order valence-electron chi connectivity index (χ3n) is 2.70. The summed E-state index contributed by atoms with van der Waals surface area (Å²) in [5, 5.41) is 5.55. The van der Waals surface area contributed by atoms with Crippen LogP contribution in [0.1, 0.15) is 12.0 Å². The van der Waals surface area contributed by atoms with Gasteiger partial charge in [0.15, 0.2) is 0 Å². The van der Waals surface area contributed by atoms with Crippen molar-refractivity contribution >= 4 is 11.6 Å². The monoisotopic (exact) mass is 304 g/mol. The zero-order chi connectivity index (χ0) is 15.7. The van der Waals surface area contributed by atoms with Crippen LogP contribution in [0.15, 0.2) is 24.3 Å². The van der Waals surface area contributed by atoms with Gasteiger partial charge < -0.3 is 15.4 Å². The number of hydrogen-bond acceptors (Lipinski definition) is 3. The molecular weight excluding hydrogens is 285 g/mol. The number of halogens is 3. The van der Waals surface area contributed by atoms with Crippen LogP contribution >= 0.6 is 0 Å². The normalized spacial score (nSPS) is 11.4. The number of aryl methyl sites for hydroxylation is 1. The lowest BCUT2D eigenvalue weighted by molar-refractivity contribution is -0.134. The minimum Gasteiger partial charge on any atom is -0.383 e.